The third kappa shape index (κ3) is 4.77. The summed E-state index contributed by atoms with van der Waals surface area (Å²) >= 11 is 0. The molecule has 0 radical (unpaired) electrons. The van der Waals surface area contributed by atoms with Crippen molar-refractivity contribution in [1.82, 2.24) is 14.7 Å². The van der Waals surface area contributed by atoms with Gasteiger partial charge in [0.2, 0.25) is 0 Å². The van der Waals surface area contributed by atoms with Crippen LogP contribution in [0.3, 0.4) is 0 Å². The van der Waals surface area contributed by atoms with Gasteiger partial charge in [0.15, 0.2) is 6.04 Å². The zero-order chi connectivity index (χ0) is 15.3. The highest BCUT2D eigenvalue weighted by Crippen LogP contribution is 2.15. The fourth-order valence-electron chi connectivity index (χ4n) is 1.91. The van der Waals surface area contributed by atoms with E-state index in [-0.39, 0.29) is 11.5 Å². The van der Waals surface area contributed by atoms with E-state index in [0.29, 0.717) is 12.8 Å². The van der Waals surface area contributed by atoms with Crippen molar-refractivity contribution in [2.24, 2.45) is 5.92 Å². The van der Waals surface area contributed by atoms with Crippen molar-refractivity contribution in [2.45, 2.75) is 32.7 Å². The Bertz CT molecular complexity index is 509. The molecule has 1 rings (SSSR count). The topological polar surface area (TPSA) is 75.4 Å². The summed E-state index contributed by atoms with van der Waals surface area (Å²) in [4.78, 5) is 25.2. The fraction of sp³-hybridized carbons (Fsp3) is 0.643. The minimum absolute atomic E-state index is 0.176. The Morgan fingerprint density at radius 3 is 2.55 bits per heavy atom. The highest BCUT2D eigenvalue weighted by molar-refractivity contribution is 5.71. The number of rotatable bonds is 7. The molecule has 0 amide bonds. The van der Waals surface area contributed by atoms with Crippen molar-refractivity contribution in [3.8, 4) is 0 Å². The van der Waals surface area contributed by atoms with Crippen LogP contribution in [0.2, 0.25) is 0 Å². The first-order chi connectivity index (χ1) is 9.31. The molecule has 0 bridgehead atoms. The van der Waals surface area contributed by atoms with E-state index in [1.165, 1.54) is 6.07 Å². The lowest BCUT2D eigenvalue weighted by Crippen LogP contribution is -2.33. The van der Waals surface area contributed by atoms with E-state index in [1.807, 2.05) is 32.8 Å². The Labute approximate surface area is 119 Å². The van der Waals surface area contributed by atoms with Gasteiger partial charge >= 0.3 is 5.97 Å². The van der Waals surface area contributed by atoms with Crippen molar-refractivity contribution in [3.05, 3.63) is 28.2 Å². The molecule has 1 N–H and O–H groups in total. The van der Waals surface area contributed by atoms with E-state index in [2.05, 4.69) is 5.10 Å². The molecule has 6 heteroatoms. The third-order valence-corrected chi connectivity index (χ3v) is 2.97. The predicted octanol–water partition coefficient (Wildman–Crippen LogP) is 1.02. The summed E-state index contributed by atoms with van der Waals surface area (Å²) in [6, 6.07) is 2.16. The van der Waals surface area contributed by atoms with Crippen LogP contribution in [-0.4, -0.2) is 46.4 Å². The van der Waals surface area contributed by atoms with Crippen LogP contribution in [0.4, 0.5) is 0 Å². The molecule has 0 spiro atoms. The van der Waals surface area contributed by atoms with E-state index in [4.69, 9.17) is 0 Å². The summed E-state index contributed by atoms with van der Waals surface area (Å²) in [5.41, 5.74) is 0.361. The molecular weight excluding hydrogens is 258 g/mol. The second-order valence-corrected chi connectivity index (χ2v) is 5.64. The zero-order valence-corrected chi connectivity index (χ0v) is 12.5. The molecule has 20 heavy (non-hydrogen) atoms. The number of hydrogen-bond acceptors (Lipinski definition) is 4. The normalized spacial score (nSPS) is 12.9. The van der Waals surface area contributed by atoms with Crippen LogP contribution in [0.15, 0.2) is 16.9 Å². The number of aliphatic carboxylic acids is 1. The highest BCUT2D eigenvalue weighted by Gasteiger charge is 2.23. The van der Waals surface area contributed by atoms with Crippen molar-refractivity contribution in [2.75, 3.05) is 20.6 Å². The van der Waals surface area contributed by atoms with Crippen LogP contribution < -0.4 is 5.56 Å². The first-order valence-corrected chi connectivity index (χ1v) is 6.77. The average Bonchev–Trinajstić information content (AvgIpc) is 2.34. The lowest BCUT2D eigenvalue weighted by Gasteiger charge is -2.17. The molecule has 112 valence electrons. The molecule has 6 nitrogen and oxygen atoms in total. The van der Waals surface area contributed by atoms with Gasteiger partial charge < -0.3 is 10.0 Å². The molecule has 0 aromatic carbocycles. The third-order valence-electron chi connectivity index (χ3n) is 2.97. The number of nitrogens with zero attached hydrogens (tertiary/aromatic N) is 3. The van der Waals surface area contributed by atoms with Crippen LogP contribution in [0.5, 0.6) is 0 Å². The highest BCUT2D eigenvalue weighted by atomic mass is 16.4. The number of aromatic nitrogens is 2. The Hall–Kier alpha value is -1.69. The lowest BCUT2D eigenvalue weighted by atomic mass is 10.0. The van der Waals surface area contributed by atoms with Gasteiger partial charge in [0.05, 0.1) is 5.69 Å². The Kier molecular flexibility index (Phi) is 5.88. The summed E-state index contributed by atoms with van der Waals surface area (Å²) < 4.78 is 1.10. The number of carboxylic acids is 1. The number of carboxylic acid groups (broad SMARTS) is 1. The standard InChI is InChI=1S/C14H23N3O3/c1-10(2)9-12(14(19)20)17-13(18)6-5-11(15-17)7-8-16(3)4/h5-6,10,12H,7-9H2,1-4H3,(H,19,20)/t12-/m0/s1. The van der Waals surface area contributed by atoms with Gasteiger partial charge in [-0.3, -0.25) is 4.79 Å². The molecule has 1 aromatic heterocycles. The Morgan fingerprint density at radius 1 is 1.40 bits per heavy atom. The maximum absolute atomic E-state index is 11.9. The SMILES string of the molecule is CC(C)C[C@@H](C(=O)O)n1nc(CCN(C)C)ccc1=O. The molecule has 0 saturated heterocycles. The molecule has 0 aliphatic heterocycles. The molecule has 0 fully saturated rings. The number of carbonyl (C=O) groups is 1. The van der Waals surface area contributed by atoms with Gasteiger partial charge in [-0.05, 0) is 32.5 Å². The van der Waals surface area contributed by atoms with Crippen molar-refractivity contribution >= 4 is 5.97 Å². The van der Waals surface area contributed by atoms with E-state index in [0.717, 1.165) is 16.9 Å². The smallest absolute Gasteiger partial charge is 0.328 e. The van der Waals surface area contributed by atoms with E-state index in [1.54, 1.807) is 6.07 Å². The maximum Gasteiger partial charge on any atom is 0.328 e. The van der Waals surface area contributed by atoms with Crippen LogP contribution >= 0.6 is 0 Å². The molecule has 0 aliphatic rings. The number of hydrogen-bond donors (Lipinski definition) is 1. The Balaban J connectivity index is 3.04. The molecule has 1 heterocycles. The maximum atomic E-state index is 11.9. The van der Waals surface area contributed by atoms with Crippen molar-refractivity contribution in [1.29, 1.82) is 0 Å². The van der Waals surface area contributed by atoms with Gasteiger partial charge in [0.25, 0.3) is 5.56 Å². The summed E-state index contributed by atoms with van der Waals surface area (Å²) in [6.07, 6.45) is 1.07. The van der Waals surface area contributed by atoms with Gasteiger partial charge in [-0.25, -0.2) is 9.48 Å². The first-order valence-electron chi connectivity index (χ1n) is 6.77. The Morgan fingerprint density at radius 2 is 2.05 bits per heavy atom. The second-order valence-electron chi connectivity index (χ2n) is 5.64. The van der Waals surface area contributed by atoms with E-state index >= 15 is 0 Å². The van der Waals surface area contributed by atoms with Crippen molar-refractivity contribution < 1.29 is 9.90 Å². The van der Waals surface area contributed by atoms with Crippen LogP contribution in [0.25, 0.3) is 0 Å². The van der Waals surface area contributed by atoms with E-state index < -0.39 is 12.0 Å². The molecule has 1 aromatic rings. The van der Waals surface area contributed by atoms with Gasteiger partial charge in [-0.2, -0.15) is 5.10 Å². The average molecular weight is 281 g/mol. The van der Waals surface area contributed by atoms with Crippen LogP contribution in [-0.2, 0) is 11.2 Å². The van der Waals surface area contributed by atoms with Gasteiger partial charge in [-0.15, -0.1) is 0 Å². The molecular formula is C14H23N3O3. The quantitative estimate of drug-likeness (QED) is 0.807. The van der Waals surface area contributed by atoms with Crippen LogP contribution in [0, 0.1) is 5.92 Å². The summed E-state index contributed by atoms with van der Waals surface area (Å²) in [5.74, 6) is -0.840. The van der Waals surface area contributed by atoms with Gasteiger partial charge in [0, 0.05) is 19.0 Å². The van der Waals surface area contributed by atoms with Gasteiger partial charge in [0.1, 0.15) is 0 Å². The van der Waals surface area contributed by atoms with E-state index in [9.17, 15) is 14.7 Å². The van der Waals surface area contributed by atoms with Crippen LogP contribution in [0.1, 0.15) is 32.0 Å². The zero-order valence-electron chi connectivity index (χ0n) is 12.5. The van der Waals surface area contributed by atoms with Crippen molar-refractivity contribution in [3.63, 3.8) is 0 Å². The monoisotopic (exact) mass is 281 g/mol. The summed E-state index contributed by atoms with van der Waals surface area (Å²) in [5, 5.41) is 13.5. The second kappa shape index (κ2) is 7.19. The molecule has 0 aliphatic carbocycles. The summed E-state index contributed by atoms with van der Waals surface area (Å²) in [6.45, 7) is 4.65. The van der Waals surface area contributed by atoms with Gasteiger partial charge in [-0.1, -0.05) is 13.8 Å². The number of likely N-dealkylation sites (N-methyl/N-ethyl adjacent to an activating group) is 1. The molecule has 0 unspecified atom stereocenters. The largest absolute Gasteiger partial charge is 0.480 e. The minimum Gasteiger partial charge on any atom is -0.480 e. The fourth-order valence-corrected chi connectivity index (χ4v) is 1.91. The first kappa shape index (κ1) is 16.4. The molecule has 0 saturated carbocycles. The lowest BCUT2D eigenvalue weighted by molar-refractivity contribution is -0.141. The molecule has 1 atom stereocenters. The minimum atomic E-state index is -1.02. The predicted molar refractivity (Wildman–Crippen MR) is 76.9 cm³/mol. The summed E-state index contributed by atoms with van der Waals surface area (Å²) in [7, 11) is 3.91.